The maximum absolute atomic E-state index is 12.4. The number of benzene rings is 1. The number of rotatable bonds is 7. The molecular formula is C19H16BrN3O3S2. The Morgan fingerprint density at radius 1 is 1.32 bits per heavy atom. The van der Waals surface area contributed by atoms with Crippen LogP contribution in [-0.4, -0.2) is 32.9 Å². The van der Waals surface area contributed by atoms with Gasteiger partial charge in [0.25, 0.3) is 0 Å². The van der Waals surface area contributed by atoms with Crippen LogP contribution in [0.4, 0.5) is 0 Å². The largest absolute Gasteiger partial charge is 0.485 e. The van der Waals surface area contributed by atoms with Gasteiger partial charge in [0, 0.05) is 6.54 Å². The molecular weight excluding hydrogens is 462 g/mol. The fraction of sp³-hybridized carbons (Fsp3) is 0.211. The Balaban J connectivity index is 1.51. The van der Waals surface area contributed by atoms with E-state index in [1.807, 2.05) is 41.0 Å². The van der Waals surface area contributed by atoms with Crippen LogP contribution < -0.4 is 9.47 Å². The number of thioether (sulfide) groups is 1. The Morgan fingerprint density at radius 3 is 2.89 bits per heavy atom. The van der Waals surface area contributed by atoms with E-state index in [1.165, 1.54) is 23.1 Å². The number of ether oxygens (including phenoxy) is 2. The molecule has 0 saturated heterocycles. The van der Waals surface area contributed by atoms with E-state index in [-0.39, 0.29) is 17.6 Å². The van der Waals surface area contributed by atoms with E-state index >= 15 is 0 Å². The quantitative estimate of drug-likeness (QED) is 0.277. The zero-order chi connectivity index (χ0) is 19.5. The molecule has 0 amide bonds. The molecule has 0 radical (unpaired) electrons. The lowest BCUT2D eigenvalue weighted by atomic mass is 10.2. The van der Waals surface area contributed by atoms with Crippen LogP contribution in [0.25, 0.3) is 0 Å². The third-order valence-electron chi connectivity index (χ3n) is 4.03. The molecule has 144 valence electrons. The fourth-order valence-corrected chi connectivity index (χ4v) is 5.01. The third kappa shape index (κ3) is 4.01. The predicted octanol–water partition coefficient (Wildman–Crippen LogP) is 4.78. The van der Waals surface area contributed by atoms with Crippen molar-refractivity contribution in [3.05, 3.63) is 63.5 Å². The summed E-state index contributed by atoms with van der Waals surface area (Å²) in [6, 6.07) is 11.2. The van der Waals surface area contributed by atoms with Gasteiger partial charge in [0.05, 0.1) is 14.4 Å². The second kappa shape index (κ2) is 8.50. The van der Waals surface area contributed by atoms with Crippen molar-refractivity contribution in [3.8, 4) is 11.5 Å². The van der Waals surface area contributed by atoms with Crippen molar-refractivity contribution in [1.82, 2.24) is 14.8 Å². The van der Waals surface area contributed by atoms with Crippen molar-refractivity contribution < 1.29 is 14.3 Å². The number of fused-ring (bicyclic) bond motifs is 1. The summed E-state index contributed by atoms with van der Waals surface area (Å²) in [4.78, 5) is 13.1. The second-order valence-corrected chi connectivity index (χ2v) is 9.33. The Bertz CT molecular complexity index is 1020. The van der Waals surface area contributed by atoms with Crippen LogP contribution in [0.2, 0.25) is 0 Å². The molecule has 3 heterocycles. The molecule has 1 aromatic carbocycles. The number of halogens is 1. The molecule has 2 aromatic heterocycles. The molecule has 1 aliphatic rings. The highest BCUT2D eigenvalue weighted by molar-refractivity contribution is 9.11. The maximum atomic E-state index is 12.4. The second-order valence-electron chi connectivity index (χ2n) is 5.92. The van der Waals surface area contributed by atoms with Crippen LogP contribution in [0.15, 0.2) is 58.0 Å². The summed E-state index contributed by atoms with van der Waals surface area (Å²) in [5, 5.41) is 9.23. The number of carbonyl (C=O) groups excluding carboxylic acids is 1. The molecule has 0 spiro atoms. The molecule has 0 aliphatic carbocycles. The van der Waals surface area contributed by atoms with E-state index in [2.05, 4.69) is 32.7 Å². The van der Waals surface area contributed by atoms with Gasteiger partial charge in [-0.15, -0.1) is 28.1 Å². The van der Waals surface area contributed by atoms with E-state index in [9.17, 15) is 4.79 Å². The van der Waals surface area contributed by atoms with Gasteiger partial charge in [0.2, 0.25) is 0 Å². The smallest absolute Gasteiger partial charge is 0.192 e. The van der Waals surface area contributed by atoms with Gasteiger partial charge < -0.3 is 9.47 Å². The molecule has 0 bridgehead atoms. The first-order valence-corrected chi connectivity index (χ1v) is 11.1. The Hall–Kier alpha value is -2.10. The molecule has 28 heavy (non-hydrogen) atoms. The molecule has 3 aromatic rings. The lowest BCUT2D eigenvalue weighted by Gasteiger charge is -2.26. The average molecular weight is 478 g/mol. The summed E-state index contributed by atoms with van der Waals surface area (Å²) in [5.41, 5.74) is 0. The Labute approximate surface area is 178 Å². The summed E-state index contributed by atoms with van der Waals surface area (Å²) < 4.78 is 14.7. The molecule has 0 saturated carbocycles. The first kappa shape index (κ1) is 19.2. The first-order valence-electron chi connectivity index (χ1n) is 8.49. The molecule has 1 atom stereocenters. The van der Waals surface area contributed by atoms with Crippen molar-refractivity contribution in [2.75, 3.05) is 12.4 Å². The van der Waals surface area contributed by atoms with Crippen LogP contribution in [0.1, 0.15) is 21.6 Å². The molecule has 9 heteroatoms. The Morgan fingerprint density at radius 2 is 2.14 bits per heavy atom. The lowest BCUT2D eigenvalue weighted by molar-refractivity contribution is 0.0821. The monoisotopic (exact) mass is 477 g/mol. The highest BCUT2D eigenvalue weighted by Crippen LogP contribution is 2.36. The topological polar surface area (TPSA) is 66.2 Å². The number of aromatic nitrogens is 3. The van der Waals surface area contributed by atoms with E-state index in [0.717, 1.165) is 14.4 Å². The van der Waals surface area contributed by atoms with Crippen molar-refractivity contribution in [2.24, 2.45) is 0 Å². The minimum absolute atomic E-state index is 0.0570. The number of carbonyl (C=O) groups is 1. The predicted molar refractivity (Wildman–Crippen MR) is 113 cm³/mol. The minimum Gasteiger partial charge on any atom is -0.485 e. The van der Waals surface area contributed by atoms with Gasteiger partial charge in [-0.3, -0.25) is 9.36 Å². The third-order valence-corrected chi connectivity index (χ3v) is 6.67. The van der Waals surface area contributed by atoms with Gasteiger partial charge in [0.1, 0.15) is 6.61 Å². The summed E-state index contributed by atoms with van der Waals surface area (Å²) in [7, 11) is 0. The number of para-hydroxylation sites is 2. The summed E-state index contributed by atoms with van der Waals surface area (Å²) in [5.74, 6) is 2.40. The van der Waals surface area contributed by atoms with Crippen LogP contribution in [0.5, 0.6) is 11.5 Å². The van der Waals surface area contributed by atoms with E-state index in [1.54, 1.807) is 6.08 Å². The molecule has 1 aliphatic heterocycles. The summed E-state index contributed by atoms with van der Waals surface area (Å²) in [6.07, 6.45) is 1.40. The zero-order valence-electron chi connectivity index (χ0n) is 14.7. The van der Waals surface area contributed by atoms with Crippen LogP contribution in [-0.2, 0) is 6.54 Å². The standard InChI is InChI=1S/C19H16BrN3O3S2/c1-2-9-23-18(15-10-25-13-5-3-4-6-14(13)26-15)21-22-19(23)27-11-12(24)16-7-8-17(20)28-16/h2-8,15H,1,9-11H2/t15-/m0/s1. The van der Waals surface area contributed by atoms with Gasteiger partial charge in [-0.25, -0.2) is 0 Å². The Kier molecular flexibility index (Phi) is 5.84. The van der Waals surface area contributed by atoms with E-state index < -0.39 is 0 Å². The zero-order valence-corrected chi connectivity index (χ0v) is 17.9. The van der Waals surface area contributed by atoms with Gasteiger partial charge >= 0.3 is 0 Å². The van der Waals surface area contributed by atoms with Gasteiger partial charge in [-0.1, -0.05) is 30.0 Å². The van der Waals surface area contributed by atoms with Crippen molar-refractivity contribution in [1.29, 1.82) is 0 Å². The molecule has 0 N–H and O–H groups in total. The van der Waals surface area contributed by atoms with Gasteiger partial charge in [0.15, 0.2) is 34.4 Å². The number of allylic oxidation sites excluding steroid dienone is 1. The number of nitrogens with zero attached hydrogens (tertiary/aromatic N) is 3. The maximum Gasteiger partial charge on any atom is 0.192 e. The van der Waals surface area contributed by atoms with Crippen molar-refractivity contribution in [3.63, 3.8) is 0 Å². The van der Waals surface area contributed by atoms with E-state index in [0.29, 0.717) is 29.9 Å². The molecule has 4 rings (SSSR count). The minimum atomic E-state index is -0.374. The first-order chi connectivity index (χ1) is 13.7. The number of hydrogen-bond acceptors (Lipinski definition) is 7. The normalized spacial score (nSPS) is 15.4. The van der Waals surface area contributed by atoms with Gasteiger partial charge in [-0.05, 0) is 40.2 Å². The fourth-order valence-electron chi connectivity index (χ4n) is 2.76. The number of thiophene rings is 1. The van der Waals surface area contributed by atoms with Gasteiger partial charge in [-0.2, -0.15) is 0 Å². The van der Waals surface area contributed by atoms with Crippen molar-refractivity contribution >= 4 is 44.8 Å². The SMILES string of the molecule is C=CCn1c(SCC(=O)c2ccc(Br)s2)nnc1[C@@H]1COc2ccccc2O1. The van der Waals surface area contributed by atoms with Crippen LogP contribution in [0.3, 0.4) is 0 Å². The number of Topliss-reactive ketones (excluding diaryl/α,β-unsaturated/α-hetero) is 1. The molecule has 0 unspecified atom stereocenters. The van der Waals surface area contributed by atoms with Crippen LogP contribution >= 0.6 is 39.0 Å². The van der Waals surface area contributed by atoms with E-state index in [4.69, 9.17) is 9.47 Å². The van der Waals surface area contributed by atoms with Crippen molar-refractivity contribution in [2.45, 2.75) is 17.8 Å². The average Bonchev–Trinajstić information content (AvgIpc) is 3.32. The van der Waals surface area contributed by atoms with Crippen LogP contribution in [0, 0.1) is 0 Å². The molecule has 6 nitrogen and oxygen atoms in total. The number of hydrogen-bond donors (Lipinski definition) is 0. The summed E-state index contributed by atoms with van der Waals surface area (Å²) >= 11 is 6.17. The molecule has 0 fully saturated rings. The highest BCUT2D eigenvalue weighted by atomic mass is 79.9. The lowest BCUT2D eigenvalue weighted by Crippen LogP contribution is -2.25. The highest BCUT2D eigenvalue weighted by Gasteiger charge is 2.28. The summed E-state index contributed by atoms with van der Waals surface area (Å²) in [6.45, 7) is 4.68. The number of ketones is 1.